The van der Waals surface area contributed by atoms with Crippen LogP contribution in [0, 0.1) is 5.82 Å². The number of sulfonamides is 1. The predicted molar refractivity (Wildman–Crippen MR) is 90.5 cm³/mol. The highest BCUT2D eigenvalue weighted by molar-refractivity contribution is 7.92. The number of para-hydroxylation sites is 1. The molecule has 0 saturated heterocycles. The number of benzene rings is 2. The third-order valence-electron chi connectivity index (χ3n) is 3.22. The molecule has 0 spiro atoms. The number of carbonyl (C=O) groups excluding carboxylic acids is 2. The van der Waals surface area contributed by atoms with Crippen molar-refractivity contribution >= 4 is 27.5 Å². The van der Waals surface area contributed by atoms with E-state index in [1.165, 1.54) is 37.3 Å². The number of esters is 1. The fraction of sp³-hybridized carbons (Fsp3) is 0.176. The van der Waals surface area contributed by atoms with Crippen LogP contribution in [0.25, 0.3) is 0 Å². The summed E-state index contributed by atoms with van der Waals surface area (Å²) < 4.78 is 43.0. The van der Waals surface area contributed by atoms with Crippen LogP contribution in [0.4, 0.5) is 10.1 Å². The monoisotopic (exact) mass is 365 g/mol. The number of Topliss-reactive ketones (excluding diaryl/α,β-unsaturated/α-hetero) is 1. The Labute approximate surface area is 144 Å². The molecule has 0 radical (unpaired) electrons. The first-order valence-corrected chi connectivity index (χ1v) is 9.14. The second-order valence-electron chi connectivity index (χ2n) is 5.34. The lowest BCUT2D eigenvalue weighted by molar-refractivity contribution is 0.0320. The molecule has 0 bridgehead atoms. The summed E-state index contributed by atoms with van der Waals surface area (Å²) in [6, 6.07) is 10.7. The van der Waals surface area contributed by atoms with Gasteiger partial charge in [0.1, 0.15) is 5.82 Å². The largest absolute Gasteiger partial charge is 0.451 e. The number of anilines is 1. The number of hydrogen-bond acceptors (Lipinski definition) is 5. The summed E-state index contributed by atoms with van der Waals surface area (Å²) in [6.45, 7) is 1.39. The van der Waals surface area contributed by atoms with E-state index in [0.29, 0.717) is 0 Å². The molecular weight excluding hydrogens is 349 g/mol. The van der Waals surface area contributed by atoms with Crippen LogP contribution in [0.5, 0.6) is 0 Å². The Balaban J connectivity index is 2.16. The molecule has 8 heteroatoms. The molecule has 2 rings (SSSR count). The maximum Gasteiger partial charge on any atom is 0.340 e. The van der Waals surface area contributed by atoms with Crippen LogP contribution >= 0.6 is 0 Å². The first kappa shape index (κ1) is 18.6. The summed E-state index contributed by atoms with van der Waals surface area (Å²) >= 11 is 0. The molecule has 0 aliphatic rings. The molecule has 0 amide bonds. The van der Waals surface area contributed by atoms with Gasteiger partial charge < -0.3 is 4.74 Å². The van der Waals surface area contributed by atoms with Crippen molar-refractivity contribution in [3.63, 3.8) is 0 Å². The average Bonchev–Trinajstić information content (AvgIpc) is 2.53. The lowest BCUT2D eigenvalue weighted by Crippen LogP contribution is -2.25. The van der Waals surface area contributed by atoms with E-state index in [4.69, 9.17) is 4.74 Å². The Bertz CT molecular complexity index is 894. The SMILES string of the molecule is C[C@@H](OC(=O)c1ccccc1NS(C)(=O)=O)C(=O)c1ccc(F)cc1. The highest BCUT2D eigenvalue weighted by Gasteiger charge is 2.22. The molecule has 0 aliphatic carbocycles. The third-order valence-corrected chi connectivity index (χ3v) is 3.81. The average molecular weight is 365 g/mol. The van der Waals surface area contributed by atoms with Gasteiger partial charge in [-0.1, -0.05) is 12.1 Å². The number of carbonyl (C=O) groups is 2. The standard InChI is InChI=1S/C17H16FNO5S/c1-11(16(20)12-7-9-13(18)10-8-12)24-17(21)14-5-3-4-6-15(14)19-25(2,22)23/h3-11,19H,1-2H3/t11-/m1/s1. The van der Waals surface area contributed by atoms with Gasteiger partial charge in [-0.25, -0.2) is 17.6 Å². The van der Waals surface area contributed by atoms with Gasteiger partial charge in [0.25, 0.3) is 0 Å². The van der Waals surface area contributed by atoms with E-state index in [-0.39, 0.29) is 16.8 Å². The molecule has 0 aromatic heterocycles. The van der Waals surface area contributed by atoms with Gasteiger partial charge in [0.2, 0.25) is 15.8 Å². The molecule has 2 aromatic carbocycles. The zero-order chi connectivity index (χ0) is 18.6. The van der Waals surface area contributed by atoms with Gasteiger partial charge >= 0.3 is 5.97 Å². The predicted octanol–water partition coefficient (Wildman–Crippen LogP) is 2.63. The molecule has 132 valence electrons. The second-order valence-corrected chi connectivity index (χ2v) is 7.09. The van der Waals surface area contributed by atoms with Crippen molar-refractivity contribution < 1.29 is 27.1 Å². The zero-order valence-corrected chi connectivity index (χ0v) is 14.3. The minimum absolute atomic E-state index is 0.0216. The van der Waals surface area contributed by atoms with Gasteiger partial charge in [0, 0.05) is 5.56 Å². The van der Waals surface area contributed by atoms with Gasteiger partial charge in [0.05, 0.1) is 17.5 Å². The summed E-state index contributed by atoms with van der Waals surface area (Å²) in [5.41, 5.74) is 0.229. The van der Waals surface area contributed by atoms with Crippen molar-refractivity contribution in [1.29, 1.82) is 0 Å². The Morgan fingerprint density at radius 1 is 1.08 bits per heavy atom. The van der Waals surface area contributed by atoms with Crippen molar-refractivity contribution in [2.75, 3.05) is 11.0 Å². The summed E-state index contributed by atoms with van der Waals surface area (Å²) in [6.07, 6.45) is -0.167. The minimum Gasteiger partial charge on any atom is -0.451 e. The van der Waals surface area contributed by atoms with Crippen LogP contribution < -0.4 is 4.72 Å². The molecular formula is C17H16FNO5S. The van der Waals surface area contributed by atoms with Crippen LogP contribution in [0.3, 0.4) is 0 Å². The minimum atomic E-state index is -3.59. The molecule has 25 heavy (non-hydrogen) atoms. The fourth-order valence-corrected chi connectivity index (χ4v) is 2.65. The molecule has 1 N–H and O–H groups in total. The number of rotatable bonds is 6. The van der Waals surface area contributed by atoms with E-state index < -0.39 is 33.7 Å². The van der Waals surface area contributed by atoms with Gasteiger partial charge in [-0.05, 0) is 43.3 Å². The zero-order valence-electron chi connectivity index (χ0n) is 13.5. The Morgan fingerprint density at radius 3 is 2.28 bits per heavy atom. The van der Waals surface area contributed by atoms with Crippen LogP contribution in [0.15, 0.2) is 48.5 Å². The fourth-order valence-electron chi connectivity index (χ4n) is 2.08. The van der Waals surface area contributed by atoms with Crippen LogP contribution in [-0.4, -0.2) is 32.5 Å². The second kappa shape index (κ2) is 7.43. The molecule has 0 heterocycles. The quantitative estimate of drug-likeness (QED) is 0.628. The first-order valence-electron chi connectivity index (χ1n) is 7.25. The molecule has 6 nitrogen and oxygen atoms in total. The maximum absolute atomic E-state index is 12.9. The van der Waals surface area contributed by atoms with Crippen LogP contribution in [-0.2, 0) is 14.8 Å². The van der Waals surface area contributed by atoms with E-state index in [1.54, 1.807) is 6.07 Å². The van der Waals surface area contributed by atoms with Crippen molar-refractivity contribution in [3.05, 3.63) is 65.5 Å². The van der Waals surface area contributed by atoms with E-state index in [2.05, 4.69) is 4.72 Å². The van der Waals surface area contributed by atoms with Gasteiger partial charge in [-0.3, -0.25) is 9.52 Å². The molecule has 0 fully saturated rings. The van der Waals surface area contributed by atoms with E-state index in [0.717, 1.165) is 18.4 Å². The number of nitrogens with one attached hydrogen (secondary N) is 1. The topological polar surface area (TPSA) is 89.5 Å². The molecule has 0 aliphatic heterocycles. The highest BCUT2D eigenvalue weighted by atomic mass is 32.2. The van der Waals surface area contributed by atoms with Gasteiger partial charge in [-0.15, -0.1) is 0 Å². The normalized spacial score (nSPS) is 12.3. The Morgan fingerprint density at radius 2 is 1.68 bits per heavy atom. The van der Waals surface area contributed by atoms with Crippen LogP contribution in [0.1, 0.15) is 27.6 Å². The third kappa shape index (κ3) is 5.12. The van der Waals surface area contributed by atoms with Crippen molar-refractivity contribution in [2.45, 2.75) is 13.0 Å². The van der Waals surface area contributed by atoms with Crippen molar-refractivity contribution in [3.8, 4) is 0 Å². The molecule has 0 unspecified atom stereocenters. The van der Waals surface area contributed by atoms with Crippen molar-refractivity contribution in [2.24, 2.45) is 0 Å². The lowest BCUT2D eigenvalue weighted by Gasteiger charge is -2.14. The first-order chi connectivity index (χ1) is 11.7. The maximum atomic E-state index is 12.9. The number of ether oxygens (including phenoxy) is 1. The summed E-state index contributed by atoms with van der Waals surface area (Å²) in [5, 5.41) is 0. The van der Waals surface area contributed by atoms with Gasteiger partial charge in [0.15, 0.2) is 6.10 Å². The number of ketones is 1. The smallest absolute Gasteiger partial charge is 0.340 e. The van der Waals surface area contributed by atoms with Gasteiger partial charge in [-0.2, -0.15) is 0 Å². The Kier molecular flexibility index (Phi) is 5.53. The lowest BCUT2D eigenvalue weighted by atomic mass is 10.1. The van der Waals surface area contributed by atoms with E-state index in [1.807, 2.05) is 0 Å². The molecule has 2 aromatic rings. The van der Waals surface area contributed by atoms with E-state index >= 15 is 0 Å². The van der Waals surface area contributed by atoms with Crippen molar-refractivity contribution in [1.82, 2.24) is 0 Å². The molecule has 0 saturated carbocycles. The molecule has 1 atom stereocenters. The Hall–Kier alpha value is -2.74. The summed E-state index contributed by atoms with van der Waals surface area (Å²) in [4.78, 5) is 24.5. The summed E-state index contributed by atoms with van der Waals surface area (Å²) in [7, 11) is -3.59. The van der Waals surface area contributed by atoms with Crippen LogP contribution in [0.2, 0.25) is 0 Å². The summed E-state index contributed by atoms with van der Waals surface area (Å²) in [5.74, 6) is -1.83. The number of hydrogen-bond donors (Lipinski definition) is 1. The van der Waals surface area contributed by atoms with E-state index in [9.17, 15) is 22.4 Å². The highest BCUT2D eigenvalue weighted by Crippen LogP contribution is 2.19. The number of halogens is 1.